The van der Waals surface area contributed by atoms with Crippen LogP contribution in [0.1, 0.15) is 24.0 Å². The summed E-state index contributed by atoms with van der Waals surface area (Å²) in [4.78, 5) is 4.24. The highest BCUT2D eigenvalue weighted by atomic mass is 35.5. The Morgan fingerprint density at radius 2 is 1.94 bits per heavy atom. The zero-order valence-electron chi connectivity index (χ0n) is 18.4. The van der Waals surface area contributed by atoms with Gasteiger partial charge in [0.05, 0.1) is 24.7 Å². The first kappa shape index (κ1) is 22.5. The molecule has 9 heteroatoms. The Balaban J connectivity index is 1.40. The molecule has 0 amide bonds. The van der Waals surface area contributed by atoms with E-state index < -0.39 is 21.1 Å². The van der Waals surface area contributed by atoms with Crippen LogP contribution in [-0.4, -0.2) is 42.0 Å². The zero-order valence-corrected chi connectivity index (χ0v) is 19.9. The van der Waals surface area contributed by atoms with E-state index in [1.165, 1.54) is 11.9 Å². The van der Waals surface area contributed by atoms with Gasteiger partial charge in [-0.15, -0.1) is 0 Å². The van der Waals surface area contributed by atoms with Crippen LogP contribution in [0.5, 0.6) is 0 Å². The Labute approximate surface area is 198 Å². The van der Waals surface area contributed by atoms with Gasteiger partial charge in [-0.1, -0.05) is 41.4 Å². The lowest BCUT2D eigenvalue weighted by molar-refractivity contribution is -0.283. The molecular formula is C24H26ClN3O4S. The van der Waals surface area contributed by atoms with Gasteiger partial charge in [0.1, 0.15) is 18.3 Å². The third-order valence-electron chi connectivity index (χ3n) is 7.19. The van der Waals surface area contributed by atoms with Gasteiger partial charge in [0.25, 0.3) is 10.1 Å². The largest absolute Gasteiger partial charge is 0.371 e. The fourth-order valence-corrected chi connectivity index (χ4v) is 6.36. The number of hydrogen-bond donors (Lipinski definition) is 0. The molecule has 2 heterocycles. The van der Waals surface area contributed by atoms with Crippen molar-refractivity contribution < 1.29 is 17.3 Å². The number of nitrogens with zero attached hydrogens (tertiary/aromatic N) is 3. The number of halogens is 1. The lowest BCUT2D eigenvalue weighted by Crippen LogP contribution is -2.67. The predicted molar refractivity (Wildman–Crippen MR) is 123 cm³/mol. The Kier molecular flexibility index (Phi) is 5.81. The van der Waals surface area contributed by atoms with Crippen molar-refractivity contribution in [2.75, 3.05) is 13.2 Å². The molecule has 174 valence electrons. The van der Waals surface area contributed by atoms with Crippen molar-refractivity contribution in [1.82, 2.24) is 14.8 Å². The van der Waals surface area contributed by atoms with Crippen LogP contribution in [0.2, 0.25) is 5.02 Å². The predicted octanol–water partition coefficient (Wildman–Crippen LogP) is 4.05. The van der Waals surface area contributed by atoms with Crippen molar-refractivity contribution in [2.24, 2.45) is 11.3 Å². The molecule has 1 aliphatic carbocycles. The van der Waals surface area contributed by atoms with Crippen LogP contribution in [0.4, 0.5) is 0 Å². The highest BCUT2D eigenvalue weighted by Gasteiger charge is 2.68. The van der Waals surface area contributed by atoms with E-state index in [0.717, 1.165) is 24.8 Å². The maximum absolute atomic E-state index is 12.9. The van der Waals surface area contributed by atoms with Crippen molar-refractivity contribution in [1.29, 1.82) is 0 Å². The Bertz CT molecular complexity index is 1220. The van der Waals surface area contributed by atoms with E-state index in [4.69, 9.17) is 20.5 Å². The fourth-order valence-electron chi connectivity index (χ4n) is 5.25. The Morgan fingerprint density at radius 3 is 2.58 bits per heavy atom. The van der Waals surface area contributed by atoms with Gasteiger partial charge in [0.15, 0.2) is 0 Å². The number of benzene rings is 2. The second kappa shape index (κ2) is 8.51. The molecule has 33 heavy (non-hydrogen) atoms. The van der Waals surface area contributed by atoms with Crippen molar-refractivity contribution in [2.45, 2.75) is 43.2 Å². The van der Waals surface area contributed by atoms with Crippen LogP contribution in [0.15, 0.2) is 66.1 Å². The molecule has 2 fully saturated rings. The maximum Gasteiger partial charge on any atom is 0.296 e. The number of ether oxygens (including phenoxy) is 1. The van der Waals surface area contributed by atoms with Gasteiger partial charge in [-0.05, 0) is 61.9 Å². The quantitative estimate of drug-likeness (QED) is 0.446. The molecule has 3 aromatic rings. The van der Waals surface area contributed by atoms with Crippen LogP contribution in [-0.2, 0) is 32.0 Å². The van der Waals surface area contributed by atoms with E-state index in [1.54, 1.807) is 35.3 Å². The summed E-state index contributed by atoms with van der Waals surface area (Å²) >= 11 is 6.06. The minimum Gasteiger partial charge on any atom is -0.371 e. The van der Waals surface area contributed by atoms with Gasteiger partial charge in [-0.25, -0.2) is 4.98 Å². The van der Waals surface area contributed by atoms with Crippen molar-refractivity contribution >= 4 is 21.7 Å². The molecule has 2 aliphatic rings. The number of rotatable bonds is 8. The van der Waals surface area contributed by atoms with Gasteiger partial charge in [-0.3, -0.25) is 8.86 Å². The number of aryl methyl sites for hydroxylation is 1. The third kappa shape index (κ3) is 4.10. The molecule has 0 N–H and O–H groups in total. The minimum absolute atomic E-state index is 0.0784. The average molecular weight is 488 g/mol. The summed E-state index contributed by atoms with van der Waals surface area (Å²) in [5.74, 6) is 0.183. The number of aromatic nitrogens is 3. The van der Waals surface area contributed by atoms with E-state index in [9.17, 15) is 8.42 Å². The van der Waals surface area contributed by atoms with E-state index in [1.807, 2.05) is 31.2 Å². The van der Waals surface area contributed by atoms with Crippen LogP contribution < -0.4 is 0 Å². The Hall–Kier alpha value is -2.26. The molecular weight excluding hydrogens is 462 g/mol. The normalized spacial score (nSPS) is 26.7. The van der Waals surface area contributed by atoms with Gasteiger partial charge in [0.2, 0.25) is 0 Å². The fraction of sp³-hybridized carbons (Fsp3) is 0.417. The van der Waals surface area contributed by atoms with Gasteiger partial charge >= 0.3 is 0 Å². The summed E-state index contributed by atoms with van der Waals surface area (Å²) in [5, 5.41) is 4.99. The van der Waals surface area contributed by atoms with Crippen LogP contribution in [0.25, 0.3) is 0 Å². The highest BCUT2D eigenvalue weighted by molar-refractivity contribution is 7.86. The van der Waals surface area contributed by atoms with Crippen molar-refractivity contribution in [3.63, 3.8) is 0 Å². The summed E-state index contributed by atoms with van der Waals surface area (Å²) in [5.41, 5.74) is 1.17. The van der Waals surface area contributed by atoms with E-state index >= 15 is 0 Å². The molecule has 0 spiro atoms. The smallest absolute Gasteiger partial charge is 0.296 e. The second-order valence-electron chi connectivity index (χ2n) is 9.15. The molecule has 1 saturated heterocycles. The van der Waals surface area contributed by atoms with Gasteiger partial charge < -0.3 is 4.74 Å². The number of hydrogen-bond acceptors (Lipinski definition) is 6. The van der Waals surface area contributed by atoms with E-state index in [0.29, 0.717) is 18.2 Å². The first-order valence-corrected chi connectivity index (χ1v) is 12.8. The van der Waals surface area contributed by atoms with E-state index in [-0.39, 0.29) is 17.4 Å². The monoisotopic (exact) mass is 487 g/mol. The molecule has 0 radical (unpaired) electrons. The Morgan fingerprint density at radius 1 is 1.18 bits per heavy atom. The summed E-state index contributed by atoms with van der Waals surface area (Å²) < 4.78 is 39.5. The molecule has 1 saturated carbocycles. The third-order valence-corrected chi connectivity index (χ3v) is 8.72. The topological polar surface area (TPSA) is 83.3 Å². The maximum atomic E-state index is 12.9. The summed E-state index contributed by atoms with van der Waals surface area (Å²) in [6, 6.07) is 14.6. The van der Waals surface area contributed by atoms with Crippen LogP contribution in [0.3, 0.4) is 0 Å². The highest BCUT2D eigenvalue weighted by Crippen LogP contribution is 2.61. The second-order valence-corrected chi connectivity index (χ2v) is 11.2. The van der Waals surface area contributed by atoms with Crippen molar-refractivity contribution in [3.8, 4) is 0 Å². The number of fused-ring (bicyclic) bond motifs is 1. The standard InChI is InChI=1S/C24H26ClN3O4S/c1-18-2-8-22(9-3-18)33(29,30)32-15-23-11-10-20(12-19-4-6-21(25)7-5-19)24(23,31-14-23)13-28-17-26-16-27-28/h2-9,16-17,20H,10-15H2,1H3. The SMILES string of the molecule is Cc1ccc(S(=O)(=O)OCC23CCC(Cc4ccc(Cl)cc4)C2(Cn2cncn2)OC3)cc1. The lowest BCUT2D eigenvalue weighted by Gasteiger charge is -2.57. The molecule has 1 aliphatic heterocycles. The van der Waals surface area contributed by atoms with Crippen LogP contribution in [0, 0.1) is 18.3 Å². The molecule has 7 nitrogen and oxygen atoms in total. The minimum atomic E-state index is -3.87. The molecule has 2 aromatic carbocycles. The lowest BCUT2D eigenvalue weighted by atomic mass is 9.66. The average Bonchev–Trinajstić information content (AvgIpc) is 3.36. The van der Waals surface area contributed by atoms with Crippen LogP contribution >= 0.6 is 11.6 Å². The first-order chi connectivity index (χ1) is 15.8. The van der Waals surface area contributed by atoms with Gasteiger partial charge in [0, 0.05) is 10.4 Å². The van der Waals surface area contributed by atoms with E-state index in [2.05, 4.69) is 10.1 Å². The molecule has 1 aromatic heterocycles. The zero-order chi connectivity index (χ0) is 23.1. The van der Waals surface area contributed by atoms with Crippen molar-refractivity contribution in [3.05, 3.63) is 77.3 Å². The van der Waals surface area contributed by atoms with Gasteiger partial charge in [-0.2, -0.15) is 13.5 Å². The first-order valence-electron chi connectivity index (χ1n) is 11.0. The molecule has 3 atom stereocenters. The summed E-state index contributed by atoms with van der Waals surface area (Å²) in [7, 11) is -3.87. The molecule has 0 bridgehead atoms. The summed E-state index contributed by atoms with van der Waals surface area (Å²) in [6.45, 7) is 2.95. The summed E-state index contributed by atoms with van der Waals surface area (Å²) in [6.07, 6.45) is 5.70. The molecule has 3 unspecified atom stereocenters. The molecule has 5 rings (SSSR count).